The zero-order valence-electron chi connectivity index (χ0n) is 15.6. The highest BCUT2D eigenvalue weighted by atomic mass is 16.5. The van der Waals surface area contributed by atoms with Gasteiger partial charge in [-0.05, 0) is 23.8 Å². The number of amides is 3. The van der Waals surface area contributed by atoms with Crippen molar-refractivity contribution in [3.8, 4) is 5.75 Å². The highest BCUT2D eigenvalue weighted by Gasteiger charge is 2.64. The zero-order chi connectivity index (χ0) is 20.8. The van der Waals surface area contributed by atoms with E-state index in [9.17, 15) is 24.3 Å². The molecule has 8 nitrogen and oxygen atoms in total. The number of hydrogen-bond acceptors (Lipinski definition) is 5. The van der Waals surface area contributed by atoms with E-state index < -0.39 is 35.7 Å². The lowest BCUT2D eigenvalue weighted by atomic mass is 9.80. The molecule has 3 amide bonds. The molecule has 2 aromatic carbocycles. The van der Waals surface area contributed by atoms with E-state index in [2.05, 4.69) is 0 Å². The molecule has 1 N–H and O–H groups in total. The Kier molecular flexibility index (Phi) is 4.34. The third kappa shape index (κ3) is 2.75. The smallest absolute Gasteiger partial charge is 0.323 e. The lowest BCUT2D eigenvalue weighted by Crippen LogP contribution is -2.47. The Morgan fingerprint density at radius 3 is 2.41 bits per heavy atom. The Labute approximate surface area is 166 Å². The Bertz CT molecular complexity index is 1030. The minimum atomic E-state index is -1.76. The highest BCUT2D eigenvalue weighted by molar-refractivity contribution is 6.29. The van der Waals surface area contributed by atoms with E-state index in [0.29, 0.717) is 17.0 Å². The first-order chi connectivity index (χ1) is 13.9. The van der Waals surface area contributed by atoms with Crippen LogP contribution in [0.1, 0.15) is 17.5 Å². The van der Waals surface area contributed by atoms with Crippen LogP contribution in [0.2, 0.25) is 0 Å². The van der Waals surface area contributed by atoms with Gasteiger partial charge in [-0.2, -0.15) is 0 Å². The summed E-state index contributed by atoms with van der Waals surface area (Å²) in [6.45, 7) is -0.550. The molecule has 0 aliphatic carbocycles. The standard InChI is InChI=1S/C21H18N2O6/c1-29-14-7-8-16-15(9-14)21(19(27)22(16)12-18(25)26)10-17(24)23(20(21)28)11-13-5-3-2-4-6-13/h2-9H,10-12H2,1H3,(H,25,26). The van der Waals surface area contributed by atoms with Crippen LogP contribution in [0.15, 0.2) is 48.5 Å². The van der Waals surface area contributed by atoms with Gasteiger partial charge in [0.15, 0.2) is 5.41 Å². The van der Waals surface area contributed by atoms with Crippen molar-refractivity contribution < 1.29 is 29.0 Å². The van der Waals surface area contributed by atoms with E-state index in [4.69, 9.17) is 4.74 Å². The summed E-state index contributed by atoms with van der Waals surface area (Å²) in [5.74, 6) is -2.61. The summed E-state index contributed by atoms with van der Waals surface area (Å²) in [5, 5.41) is 9.23. The molecular formula is C21H18N2O6. The fourth-order valence-electron chi connectivity index (χ4n) is 4.01. The molecule has 2 aliphatic heterocycles. The van der Waals surface area contributed by atoms with Crippen LogP contribution in [0.5, 0.6) is 5.75 Å². The summed E-state index contributed by atoms with van der Waals surface area (Å²) in [5.41, 5.74) is -0.395. The second kappa shape index (κ2) is 6.73. The number of fused-ring (bicyclic) bond motifs is 2. The van der Waals surface area contributed by atoms with Crippen molar-refractivity contribution in [2.75, 3.05) is 18.6 Å². The molecule has 29 heavy (non-hydrogen) atoms. The molecule has 0 saturated carbocycles. The largest absolute Gasteiger partial charge is 0.497 e. The maximum atomic E-state index is 13.4. The highest BCUT2D eigenvalue weighted by Crippen LogP contribution is 2.49. The van der Waals surface area contributed by atoms with Gasteiger partial charge in [-0.1, -0.05) is 30.3 Å². The molecular weight excluding hydrogens is 376 g/mol. The zero-order valence-corrected chi connectivity index (χ0v) is 15.6. The molecule has 2 aliphatic rings. The summed E-state index contributed by atoms with van der Waals surface area (Å²) < 4.78 is 5.22. The number of likely N-dealkylation sites (tertiary alicyclic amines) is 1. The van der Waals surface area contributed by atoms with Gasteiger partial charge in [0.1, 0.15) is 12.3 Å². The molecule has 2 heterocycles. The molecule has 148 valence electrons. The van der Waals surface area contributed by atoms with Crippen molar-refractivity contribution in [2.45, 2.75) is 18.4 Å². The maximum absolute atomic E-state index is 13.4. The van der Waals surface area contributed by atoms with Gasteiger partial charge >= 0.3 is 5.97 Å². The normalized spacial score (nSPS) is 20.5. The SMILES string of the molecule is COc1ccc2c(c1)C1(CC(=O)N(Cc3ccccc3)C1=O)C(=O)N2CC(=O)O. The molecule has 1 unspecified atom stereocenters. The van der Waals surface area contributed by atoms with Crippen molar-refractivity contribution in [3.63, 3.8) is 0 Å². The number of rotatable bonds is 5. The van der Waals surface area contributed by atoms with Gasteiger partial charge in [-0.3, -0.25) is 29.0 Å². The molecule has 1 saturated heterocycles. The molecule has 0 radical (unpaired) electrons. The Morgan fingerprint density at radius 2 is 1.76 bits per heavy atom. The number of aliphatic carboxylic acids is 1. The Morgan fingerprint density at radius 1 is 1.07 bits per heavy atom. The molecule has 8 heteroatoms. The molecule has 1 spiro atoms. The van der Waals surface area contributed by atoms with Gasteiger partial charge in [-0.15, -0.1) is 0 Å². The van der Waals surface area contributed by atoms with Gasteiger partial charge in [-0.25, -0.2) is 0 Å². The Balaban J connectivity index is 1.80. The van der Waals surface area contributed by atoms with E-state index >= 15 is 0 Å². The third-order valence-electron chi connectivity index (χ3n) is 5.37. The van der Waals surface area contributed by atoms with Crippen molar-refractivity contribution in [1.82, 2.24) is 4.90 Å². The average molecular weight is 394 g/mol. The molecule has 1 atom stereocenters. The fraction of sp³-hybridized carbons (Fsp3) is 0.238. The minimum Gasteiger partial charge on any atom is -0.497 e. The predicted molar refractivity (Wildman–Crippen MR) is 101 cm³/mol. The number of carboxylic acids is 1. The van der Waals surface area contributed by atoms with Crippen LogP contribution in [0.3, 0.4) is 0 Å². The van der Waals surface area contributed by atoms with Gasteiger partial charge in [0.25, 0.3) is 0 Å². The number of anilines is 1. The second-order valence-corrected chi connectivity index (χ2v) is 7.02. The van der Waals surface area contributed by atoms with Crippen molar-refractivity contribution >= 4 is 29.4 Å². The summed E-state index contributed by atoms with van der Waals surface area (Å²) in [7, 11) is 1.45. The van der Waals surface area contributed by atoms with E-state index in [0.717, 1.165) is 15.4 Å². The molecule has 4 rings (SSSR count). The van der Waals surface area contributed by atoms with Crippen LogP contribution >= 0.6 is 0 Å². The van der Waals surface area contributed by atoms with Crippen LogP contribution in [0, 0.1) is 0 Å². The number of carbonyl (C=O) groups excluding carboxylic acids is 3. The summed E-state index contributed by atoms with van der Waals surface area (Å²) in [6.07, 6.45) is -0.339. The first-order valence-corrected chi connectivity index (χ1v) is 8.99. The van der Waals surface area contributed by atoms with Crippen LogP contribution in [-0.2, 0) is 31.1 Å². The number of imide groups is 1. The lowest BCUT2D eigenvalue weighted by Gasteiger charge is -2.22. The van der Waals surface area contributed by atoms with E-state index in [1.54, 1.807) is 36.4 Å². The molecule has 0 aromatic heterocycles. The number of hydrogen-bond donors (Lipinski definition) is 1. The third-order valence-corrected chi connectivity index (χ3v) is 5.37. The van der Waals surface area contributed by atoms with Crippen LogP contribution in [0.25, 0.3) is 0 Å². The number of nitrogens with zero attached hydrogens (tertiary/aromatic N) is 2. The molecule has 1 fully saturated rings. The molecule has 0 bridgehead atoms. The van der Waals surface area contributed by atoms with Crippen LogP contribution < -0.4 is 9.64 Å². The Hall–Kier alpha value is -3.68. The van der Waals surface area contributed by atoms with Gasteiger partial charge in [0.05, 0.1) is 20.1 Å². The number of methoxy groups -OCH3 is 1. The topological polar surface area (TPSA) is 104 Å². The fourth-order valence-corrected chi connectivity index (χ4v) is 4.01. The average Bonchev–Trinajstić information content (AvgIpc) is 3.09. The summed E-state index contributed by atoms with van der Waals surface area (Å²) in [4.78, 5) is 52.9. The first-order valence-electron chi connectivity index (χ1n) is 8.99. The van der Waals surface area contributed by atoms with Gasteiger partial charge < -0.3 is 9.84 Å². The predicted octanol–water partition coefficient (Wildman–Crippen LogP) is 1.32. The summed E-state index contributed by atoms with van der Waals surface area (Å²) >= 11 is 0. The quantitative estimate of drug-likeness (QED) is 0.606. The summed E-state index contributed by atoms with van der Waals surface area (Å²) in [6, 6.07) is 13.7. The van der Waals surface area contributed by atoms with Crippen LogP contribution in [0.4, 0.5) is 5.69 Å². The van der Waals surface area contributed by atoms with E-state index in [1.165, 1.54) is 13.2 Å². The van der Waals surface area contributed by atoms with Crippen LogP contribution in [-0.4, -0.2) is 47.4 Å². The van der Waals surface area contributed by atoms with E-state index in [1.807, 2.05) is 6.07 Å². The number of benzene rings is 2. The monoisotopic (exact) mass is 394 g/mol. The van der Waals surface area contributed by atoms with Crippen molar-refractivity contribution in [3.05, 3.63) is 59.7 Å². The number of carboxylic acid groups (broad SMARTS) is 1. The minimum absolute atomic E-state index is 0.0474. The van der Waals surface area contributed by atoms with Crippen molar-refractivity contribution in [1.29, 1.82) is 0 Å². The second-order valence-electron chi connectivity index (χ2n) is 7.02. The molecule has 2 aromatic rings. The maximum Gasteiger partial charge on any atom is 0.323 e. The van der Waals surface area contributed by atoms with Crippen molar-refractivity contribution in [2.24, 2.45) is 0 Å². The first kappa shape index (κ1) is 18.7. The van der Waals surface area contributed by atoms with Gasteiger partial charge in [0.2, 0.25) is 17.7 Å². The lowest BCUT2D eigenvalue weighted by molar-refractivity contribution is -0.143. The van der Waals surface area contributed by atoms with Gasteiger partial charge in [0, 0.05) is 11.3 Å². The number of ether oxygens (including phenoxy) is 1. The van der Waals surface area contributed by atoms with E-state index in [-0.39, 0.29) is 13.0 Å². The number of carbonyl (C=O) groups is 4.